The highest BCUT2D eigenvalue weighted by Crippen LogP contribution is 2.35. The molecule has 5 aromatic rings. The summed E-state index contributed by atoms with van der Waals surface area (Å²) in [6.45, 7) is -0.504. The Morgan fingerprint density at radius 2 is 1.45 bits per heavy atom. The smallest absolute Gasteiger partial charge is 0.188 e. The van der Waals surface area contributed by atoms with Crippen LogP contribution in [0.4, 0.5) is 0 Å². The summed E-state index contributed by atoms with van der Waals surface area (Å²) in [4.78, 5) is 12.3. The molecule has 0 radical (unpaired) electrons. The first-order valence-corrected chi connectivity index (χ1v) is 9.59. The Hall–Kier alpha value is -3.69. The number of hydrogen-bond donors (Lipinski definition) is 1. The van der Waals surface area contributed by atoms with Gasteiger partial charge in [0.2, 0.25) is 0 Å². The molecule has 0 saturated heterocycles. The van der Waals surface area contributed by atoms with Gasteiger partial charge in [0, 0.05) is 16.3 Å². The molecule has 0 aliphatic heterocycles. The minimum absolute atomic E-state index is 0.283. The van der Waals surface area contributed by atoms with Crippen LogP contribution in [-0.4, -0.2) is 22.1 Å². The van der Waals surface area contributed by atoms with Crippen LogP contribution in [0, 0.1) is 0 Å². The van der Waals surface area contributed by atoms with Gasteiger partial charge in [0.25, 0.3) is 0 Å². The van der Waals surface area contributed by atoms with Crippen molar-refractivity contribution >= 4 is 27.5 Å². The van der Waals surface area contributed by atoms with Crippen molar-refractivity contribution in [3.05, 3.63) is 103 Å². The first kappa shape index (κ1) is 17.4. The van der Waals surface area contributed by atoms with Crippen molar-refractivity contribution in [2.45, 2.75) is 0 Å². The third-order valence-electron chi connectivity index (χ3n) is 5.33. The number of aliphatic hydroxyl groups is 1. The van der Waals surface area contributed by atoms with Crippen LogP contribution >= 0.6 is 0 Å². The number of nitrogens with zero attached hydrogens (tertiary/aromatic N) is 1. The van der Waals surface area contributed by atoms with E-state index in [0.717, 1.165) is 38.6 Å². The molecule has 0 spiro atoms. The van der Waals surface area contributed by atoms with Crippen molar-refractivity contribution in [1.29, 1.82) is 0 Å². The van der Waals surface area contributed by atoms with Gasteiger partial charge in [-0.15, -0.1) is 0 Å². The van der Waals surface area contributed by atoms with Gasteiger partial charge >= 0.3 is 0 Å². The fourth-order valence-corrected chi connectivity index (χ4v) is 3.96. The number of carbonyl (C=O) groups excluding carboxylic acids is 1. The largest absolute Gasteiger partial charge is 0.388 e. The quantitative estimate of drug-likeness (QED) is 0.412. The molecule has 4 aromatic carbocycles. The molecule has 29 heavy (non-hydrogen) atoms. The summed E-state index contributed by atoms with van der Waals surface area (Å²) in [5.74, 6) is -0.283. The lowest BCUT2D eigenvalue weighted by Gasteiger charge is -2.16. The van der Waals surface area contributed by atoms with Gasteiger partial charge in [0.15, 0.2) is 5.78 Å². The number of hydrogen-bond acceptors (Lipinski definition) is 2. The lowest BCUT2D eigenvalue weighted by Crippen LogP contribution is -2.06. The van der Waals surface area contributed by atoms with E-state index in [0.29, 0.717) is 5.56 Å². The van der Waals surface area contributed by atoms with Crippen LogP contribution in [0.5, 0.6) is 0 Å². The molecule has 3 heteroatoms. The minimum atomic E-state index is -0.504. The number of benzene rings is 4. The molecule has 1 N–H and O–H groups in total. The molecule has 1 heterocycles. The van der Waals surface area contributed by atoms with Crippen LogP contribution in [0.25, 0.3) is 38.6 Å². The van der Waals surface area contributed by atoms with Crippen LogP contribution in [0.1, 0.15) is 10.4 Å². The molecule has 0 aliphatic rings. The second-order valence-electron chi connectivity index (χ2n) is 7.09. The molecule has 0 atom stereocenters. The van der Waals surface area contributed by atoms with Crippen molar-refractivity contribution < 1.29 is 9.90 Å². The molecular formula is C26H19NO2. The van der Waals surface area contributed by atoms with Crippen LogP contribution in [0.2, 0.25) is 0 Å². The SMILES string of the molecule is O=C(CO)c1cc(-n2c3ccccc3c[13c]2-c2ccccc2)c2ccccc2c1. The van der Waals surface area contributed by atoms with E-state index >= 15 is 0 Å². The van der Waals surface area contributed by atoms with Gasteiger partial charge < -0.3 is 9.67 Å². The summed E-state index contributed by atoms with van der Waals surface area (Å²) in [5.41, 5.74) is 4.68. The standard InChI is InChI=1S/C26H19NO2/c28-17-26(29)21-14-19-10-4-6-12-22(19)25(16-21)27-23-13-7-5-11-20(23)15-24(27)18-8-2-1-3-9-18/h1-16,28H,17H2/i24+1. The normalized spacial score (nSPS) is 11.2. The fraction of sp³-hybridized carbons (Fsp3) is 0.0385. The summed E-state index contributed by atoms with van der Waals surface area (Å²) in [5, 5.41) is 12.6. The predicted octanol–water partition coefficient (Wildman–Crippen LogP) is 5.63. The van der Waals surface area contributed by atoms with E-state index in [-0.39, 0.29) is 5.78 Å². The third-order valence-corrected chi connectivity index (χ3v) is 5.33. The van der Waals surface area contributed by atoms with E-state index < -0.39 is 6.61 Å². The van der Waals surface area contributed by atoms with Crippen LogP contribution in [-0.2, 0) is 0 Å². The lowest BCUT2D eigenvalue weighted by molar-refractivity contribution is 0.0904. The van der Waals surface area contributed by atoms with Gasteiger partial charge in [-0.05, 0) is 35.2 Å². The molecule has 0 bridgehead atoms. The third kappa shape index (κ3) is 2.93. The number of fused-ring (bicyclic) bond motifs is 2. The van der Waals surface area contributed by atoms with Gasteiger partial charge in [-0.2, -0.15) is 0 Å². The zero-order valence-electron chi connectivity index (χ0n) is 15.7. The first-order valence-electron chi connectivity index (χ1n) is 9.59. The number of ketones is 1. The highest BCUT2D eigenvalue weighted by atomic mass is 16.3. The second-order valence-corrected chi connectivity index (χ2v) is 7.09. The molecule has 0 aliphatic carbocycles. The van der Waals surface area contributed by atoms with Gasteiger partial charge in [-0.25, -0.2) is 0 Å². The van der Waals surface area contributed by atoms with Gasteiger partial charge in [0.1, 0.15) is 6.61 Å². The van der Waals surface area contributed by atoms with Gasteiger partial charge in [0.05, 0.1) is 16.9 Å². The Morgan fingerprint density at radius 1 is 0.759 bits per heavy atom. The van der Waals surface area contributed by atoms with E-state index in [9.17, 15) is 9.90 Å². The van der Waals surface area contributed by atoms with E-state index in [1.54, 1.807) is 0 Å². The maximum atomic E-state index is 12.3. The predicted molar refractivity (Wildman–Crippen MR) is 118 cm³/mol. The molecule has 0 saturated carbocycles. The van der Waals surface area contributed by atoms with Crippen LogP contribution < -0.4 is 0 Å². The zero-order chi connectivity index (χ0) is 19.8. The summed E-state index contributed by atoms with van der Waals surface area (Å²) in [6.07, 6.45) is 0. The highest BCUT2D eigenvalue weighted by Gasteiger charge is 2.16. The molecule has 1 aromatic heterocycles. The van der Waals surface area contributed by atoms with Gasteiger partial charge in [-0.3, -0.25) is 4.79 Å². The number of aliphatic hydroxyl groups excluding tert-OH is 1. The maximum absolute atomic E-state index is 12.3. The molecule has 0 fully saturated rings. The number of aromatic nitrogens is 1. The van der Waals surface area contributed by atoms with E-state index in [4.69, 9.17) is 0 Å². The van der Waals surface area contributed by atoms with Crippen LogP contribution in [0.15, 0.2) is 97.1 Å². The average Bonchev–Trinajstić information content (AvgIpc) is 3.18. The Kier molecular flexibility index (Phi) is 4.23. The zero-order valence-corrected chi connectivity index (χ0v) is 15.7. The fourth-order valence-electron chi connectivity index (χ4n) is 3.96. The second kappa shape index (κ2) is 7.04. The van der Waals surface area contributed by atoms with E-state index in [1.165, 1.54) is 0 Å². The van der Waals surface area contributed by atoms with Crippen molar-refractivity contribution in [3.8, 4) is 16.9 Å². The Bertz CT molecular complexity index is 1350. The molecular weight excluding hydrogens is 359 g/mol. The Morgan fingerprint density at radius 3 is 2.24 bits per heavy atom. The number of carbonyl (C=O) groups is 1. The molecule has 3 nitrogen and oxygen atoms in total. The topological polar surface area (TPSA) is 42.2 Å². The van der Waals surface area contributed by atoms with Crippen molar-refractivity contribution in [2.75, 3.05) is 6.61 Å². The van der Waals surface area contributed by atoms with E-state index in [1.807, 2.05) is 60.7 Å². The number of Topliss-reactive ketones (excluding diaryl/α,β-unsaturated/α-hetero) is 1. The van der Waals surface area contributed by atoms with Gasteiger partial charge in [-0.1, -0.05) is 72.8 Å². The van der Waals surface area contributed by atoms with Crippen molar-refractivity contribution in [2.24, 2.45) is 0 Å². The van der Waals surface area contributed by atoms with Crippen LogP contribution in [0.3, 0.4) is 0 Å². The lowest BCUT2D eigenvalue weighted by atomic mass is 10.0. The van der Waals surface area contributed by atoms with E-state index in [2.05, 4.69) is 41.0 Å². The summed E-state index contributed by atoms with van der Waals surface area (Å²) in [7, 11) is 0. The molecule has 0 unspecified atom stereocenters. The number of rotatable bonds is 4. The first-order chi connectivity index (χ1) is 14.3. The maximum Gasteiger partial charge on any atom is 0.188 e. The number of para-hydroxylation sites is 1. The summed E-state index contributed by atoms with van der Waals surface area (Å²) >= 11 is 0. The molecule has 5 rings (SSSR count). The average molecular weight is 378 g/mol. The van der Waals surface area contributed by atoms with Crippen molar-refractivity contribution in [3.63, 3.8) is 0 Å². The summed E-state index contributed by atoms with van der Waals surface area (Å²) < 4.78 is 2.21. The Balaban J connectivity index is 1.91. The Labute approximate surface area is 168 Å². The van der Waals surface area contributed by atoms with Crippen molar-refractivity contribution in [1.82, 2.24) is 4.57 Å². The minimum Gasteiger partial charge on any atom is -0.388 e. The highest BCUT2D eigenvalue weighted by molar-refractivity contribution is 6.04. The monoisotopic (exact) mass is 378 g/mol. The molecule has 0 amide bonds. The molecule has 140 valence electrons. The summed E-state index contributed by atoms with van der Waals surface area (Å²) in [6, 6.07) is 32.5.